The average molecular weight is 900 g/mol. The molecular formula is C53H68Cl2N2O6. The number of aromatic hydroxyl groups is 2. The third kappa shape index (κ3) is 13.2. The van der Waals surface area contributed by atoms with Crippen LogP contribution in [-0.4, -0.2) is 47.9 Å². The molecule has 10 heteroatoms. The summed E-state index contributed by atoms with van der Waals surface area (Å²) in [6, 6.07) is 26.0. The molecule has 8 nitrogen and oxygen atoms in total. The van der Waals surface area contributed by atoms with E-state index in [1.807, 2.05) is 61.7 Å². The van der Waals surface area contributed by atoms with Gasteiger partial charge in [0.05, 0.1) is 5.41 Å². The molecule has 0 unspecified atom stereocenters. The van der Waals surface area contributed by atoms with E-state index in [1.165, 1.54) is 16.8 Å². The molecule has 0 fully saturated rings. The number of rotatable bonds is 14. The molecule has 0 saturated carbocycles. The fraction of sp³-hybridized carbons (Fsp3) is 0.434. The van der Waals surface area contributed by atoms with Crippen LogP contribution in [0.1, 0.15) is 128 Å². The lowest BCUT2D eigenvalue weighted by Crippen LogP contribution is -2.28. The van der Waals surface area contributed by atoms with Crippen molar-refractivity contribution in [3.05, 3.63) is 129 Å². The summed E-state index contributed by atoms with van der Waals surface area (Å²) in [4.78, 5) is 25.5. The van der Waals surface area contributed by atoms with E-state index in [2.05, 4.69) is 51.3 Å². The second-order valence-electron chi connectivity index (χ2n) is 20.7. The van der Waals surface area contributed by atoms with Gasteiger partial charge >= 0.3 is 5.97 Å². The number of fused-ring (bicyclic) bond motifs is 2. The Bertz CT molecular complexity index is 2530. The van der Waals surface area contributed by atoms with E-state index in [4.69, 9.17) is 23.2 Å². The van der Waals surface area contributed by atoms with Gasteiger partial charge in [0.15, 0.2) is 5.78 Å². The monoisotopic (exact) mass is 898 g/mol. The lowest BCUT2D eigenvalue weighted by atomic mass is 9.83. The molecule has 6 rings (SSSR count). The number of benzene rings is 4. The maximum absolute atomic E-state index is 13.5. The average Bonchev–Trinajstić information content (AvgIpc) is 3.60. The molecule has 0 spiro atoms. The number of phenolic OH excluding ortho intramolecular Hbond substituents is 2. The summed E-state index contributed by atoms with van der Waals surface area (Å²) >= 11 is 12.1. The molecular weight excluding hydrogens is 831 g/mol. The highest BCUT2D eigenvalue weighted by Gasteiger charge is 2.34. The summed E-state index contributed by atoms with van der Waals surface area (Å²) in [5.74, 6) is -0.636. The summed E-state index contributed by atoms with van der Waals surface area (Å²) < 4.78 is 4.35. The smallest absolute Gasteiger partial charge is 0.309 e. The maximum Gasteiger partial charge on any atom is 0.309 e. The van der Waals surface area contributed by atoms with Crippen LogP contribution in [0.3, 0.4) is 0 Å². The molecule has 4 aromatic carbocycles. The number of ketones is 1. The maximum atomic E-state index is 13.5. The molecule has 0 aliphatic rings. The molecule has 0 saturated heterocycles. The second kappa shape index (κ2) is 20.0. The van der Waals surface area contributed by atoms with Gasteiger partial charge in [-0.15, -0.1) is 0 Å². The summed E-state index contributed by atoms with van der Waals surface area (Å²) in [6.07, 6.45) is 3.25. The lowest BCUT2D eigenvalue weighted by molar-refractivity contribution is -0.146. The van der Waals surface area contributed by atoms with Gasteiger partial charge in [0.25, 0.3) is 0 Å². The van der Waals surface area contributed by atoms with Gasteiger partial charge < -0.3 is 29.6 Å². The molecule has 0 atom stereocenters. The number of carbonyl (C=O) groups is 2. The first-order valence-electron chi connectivity index (χ1n) is 21.3. The summed E-state index contributed by atoms with van der Waals surface area (Å²) in [6.45, 7) is 21.6. The number of aliphatic carboxylic acids is 1. The van der Waals surface area contributed by atoms with E-state index in [0.29, 0.717) is 34.6 Å². The van der Waals surface area contributed by atoms with Crippen molar-refractivity contribution < 1.29 is 30.0 Å². The SMILES string of the molecule is C.CC(C)(C)CC(=O)c1c(CC(C)(C)C(=O)O)n(Cc2ccc(Cl)cc2)c2ccc(O)cc12.CC(C)(C)CCc1c(CC(C)(C)CO)n(Cc2ccc(Cl)cc2)c2ccc(O)cc12. The van der Waals surface area contributed by atoms with Crippen molar-refractivity contribution in [2.45, 2.75) is 122 Å². The Balaban J connectivity index is 0.000000273. The van der Waals surface area contributed by atoms with Crippen LogP contribution in [0.15, 0.2) is 84.9 Å². The van der Waals surface area contributed by atoms with Crippen LogP contribution in [0, 0.1) is 21.7 Å². The molecule has 0 amide bonds. The number of Topliss-reactive ketones (excluding diaryl/α,β-unsaturated/α-hetero) is 1. The zero-order valence-electron chi connectivity index (χ0n) is 38.0. The summed E-state index contributed by atoms with van der Waals surface area (Å²) in [5, 5.41) is 43.3. The van der Waals surface area contributed by atoms with Gasteiger partial charge in [0.2, 0.25) is 0 Å². The minimum absolute atomic E-state index is 0. The van der Waals surface area contributed by atoms with Gasteiger partial charge in [-0.2, -0.15) is 0 Å². The summed E-state index contributed by atoms with van der Waals surface area (Å²) in [7, 11) is 0. The Kier molecular flexibility index (Phi) is 16.1. The lowest BCUT2D eigenvalue weighted by Gasteiger charge is -2.25. The van der Waals surface area contributed by atoms with Gasteiger partial charge in [-0.25, -0.2) is 0 Å². The molecule has 340 valence electrons. The largest absolute Gasteiger partial charge is 0.508 e. The van der Waals surface area contributed by atoms with Crippen LogP contribution >= 0.6 is 23.2 Å². The fourth-order valence-corrected chi connectivity index (χ4v) is 8.07. The predicted octanol–water partition coefficient (Wildman–Crippen LogP) is 13.5. The molecule has 0 radical (unpaired) electrons. The highest BCUT2D eigenvalue weighted by Crippen LogP contribution is 2.38. The van der Waals surface area contributed by atoms with Crippen LogP contribution in [0.5, 0.6) is 11.5 Å². The molecule has 2 heterocycles. The number of aliphatic hydroxyl groups is 1. The van der Waals surface area contributed by atoms with Crippen LogP contribution in [-0.2, 0) is 37.1 Å². The van der Waals surface area contributed by atoms with Crippen molar-refractivity contribution >= 4 is 56.8 Å². The molecule has 0 bridgehead atoms. The van der Waals surface area contributed by atoms with Gasteiger partial charge in [-0.3, -0.25) is 9.59 Å². The number of nitrogens with zero attached hydrogens (tertiary/aromatic N) is 2. The molecule has 0 aliphatic carbocycles. The van der Waals surface area contributed by atoms with E-state index in [1.54, 1.807) is 50.2 Å². The Morgan fingerprint density at radius 1 is 0.619 bits per heavy atom. The number of carboxylic acid groups (broad SMARTS) is 1. The van der Waals surface area contributed by atoms with Gasteiger partial charge in [-0.1, -0.05) is 110 Å². The minimum atomic E-state index is -1.08. The Morgan fingerprint density at radius 3 is 1.52 bits per heavy atom. The normalized spacial score (nSPS) is 12.3. The first kappa shape index (κ1) is 50.9. The van der Waals surface area contributed by atoms with Crippen LogP contribution in [0.25, 0.3) is 21.8 Å². The van der Waals surface area contributed by atoms with Crippen molar-refractivity contribution in [2.24, 2.45) is 21.7 Å². The van der Waals surface area contributed by atoms with Gasteiger partial charge in [0, 0.05) is 81.3 Å². The van der Waals surface area contributed by atoms with Crippen LogP contribution < -0.4 is 0 Å². The minimum Gasteiger partial charge on any atom is -0.508 e. The molecule has 6 aromatic rings. The van der Waals surface area contributed by atoms with Crippen LogP contribution in [0.4, 0.5) is 0 Å². The van der Waals surface area contributed by atoms with E-state index in [0.717, 1.165) is 52.8 Å². The first-order valence-corrected chi connectivity index (χ1v) is 22.1. The number of phenols is 2. The Morgan fingerprint density at radius 2 is 1.08 bits per heavy atom. The standard InChI is InChI=1S/C26H30ClNO4.C26H34ClNO2.CH4/c1-25(2,3)14-22(30)23-19-12-18(29)10-11-20(19)28(15-16-6-8-17(27)9-7-16)21(23)13-26(4,5)24(31)32;1-25(2,3)13-12-21-22-14-20(30)10-11-23(22)28(24(21)15-26(4,5)17-29)16-18-6-8-19(27)9-7-18;/h6-12,29H,13-15H2,1-5H3,(H,31,32);6-11,14,29-30H,12-13,15-17H2,1-5H3;1H4. The number of aryl methyl sites for hydroxylation is 1. The zero-order valence-corrected chi connectivity index (χ0v) is 39.5. The number of carboxylic acids is 1. The van der Waals surface area contributed by atoms with Crippen molar-refractivity contribution in [2.75, 3.05) is 6.61 Å². The Hall–Kier alpha value is -4.76. The molecule has 0 aliphatic heterocycles. The van der Waals surface area contributed by atoms with E-state index < -0.39 is 11.4 Å². The van der Waals surface area contributed by atoms with Crippen molar-refractivity contribution in [1.82, 2.24) is 9.13 Å². The number of carbonyl (C=O) groups excluding carboxylic acids is 1. The van der Waals surface area contributed by atoms with Gasteiger partial charge in [-0.05, 0) is 127 Å². The van der Waals surface area contributed by atoms with Crippen LogP contribution in [0.2, 0.25) is 10.0 Å². The predicted molar refractivity (Wildman–Crippen MR) is 261 cm³/mol. The highest BCUT2D eigenvalue weighted by atomic mass is 35.5. The molecule has 63 heavy (non-hydrogen) atoms. The Labute approximate surface area is 384 Å². The third-order valence-electron chi connectivity index (χ3n) is 11.3. The highest BCUT2D eigenvalue weighted by molar-refractivity contribution is 6.30. The van der Waals surface area contributed by atoms with E-state index >= 15 is 0 Å². The number of aliphatic hydroxyl groups excluding tert-OH is 1. The summed E-state index contributed by atoms with van der Waals surface area (Å²) in [5.41, 5.74) is 6.41. The van der Waals surface area contributed by atoms with Crippen molar-refractivity contribution in [3.63, 3.8) is 0 Å². The van der Waals surface area contributed by atoms with Gasteiger partial charge in [0.1, 0.15) is 11.5 Å². The number of aromatic nitrogens is 2. The third-order valence-corrected chi connectivity index (χ3v) is 11.8. The van der Waals surface area contributed by atoms with E-state index in [-0.39, 0.29) is 54.0 Å². The topological polar surface area (TPSA) is 125 Å². The number of hydrogen-bond donors (Lipinski definition) is 4. The number of halogens is 2. The number of hydrogen-bond acceptors (Lipinski definition) is 5. The molecule has 2 aromatic heterocycles. The van der Waals surface area contributed by atoms with E-state index in [9.17, 15) is 30.0 Å². The van der Waals surface area contributed by atoms with Crippen molar-refractivity contribution in [1.29, 1.82) is 0 Å². The first-order chi connectivity index (χ1) is 28.8. The van der Waals surface area contributed by atoms with Crippen molar-refractivity contribution in [3.8, 4) is 11.5 Å². The second-order valence-corrected chi connectivity index (χ2v) is 21.5. The quantitative estimate of drug-likeness (QED) is 0.0807. The molecule has 4 N–H and O–H groups in total. The fourth-order valence-electron chi connectivity index (χ4n) is 7.82. The zero-order chi connectivity index (χ0) is 45.9.